The summed E-state index contributed by atoms with van der Waals surface area (Å²) >= 11 is 0. The van der Waals surface area contributed by atoms with E-state index in [4.69, 9.17) is 0 Å². The first-order valence-electron chi connectivity index (χ1n) is 28.4. The van der Waals surface area contributed by atoms with Crippen molar-refractivity contribution in [2.45, 2.75) is 38.5 Å². The van der Waals surface area contributed by atoms with Gasteiger partial charge in [0.15, 0.2) is 0 Å². The Balaban J connectivity index is 0.000000154. The predicted molar refractivity (Wildman–Crippen MR) is 329 cm³/mol. The molecule has 2 aromatic carbocycles. The number of benzene rings is 2. The number of carbonyl (C=O) groups excluding carboxylic acids is 2. The monoisotopic (exact) mass is 1530 g/mol. The second-order valence-corrected chi connectivity index (χ2v) is 19.6. The summed E-state index contributed by atoms with van der Waals surface area (Å²) in [5.41, 5.74) is 1.64. The number of rotatable bonds is 18. The van der Waals surface area contributed by atoms with Gasteiger partial charge < -0.3 is 74.9 Å². The first-order chi connectivity index (χ1) is 43.3. The van der Waals surface area contributed by atoms with Crippen LogP contribution in [0.5, 0.6) is 0 Å². The van der Waals surface area contributed by atoms with Crippen LogP contribution in [0.4, 0.5) is 0 Å². The molecule has 14 rings (SSSR count). The van der Waals surface area contributed by atoms with Crippen LogP contribution in [0.25, 0.3) is 0 Å². The van der Waals surface area contributed by atoms with Crippen LogP contribution in [0.3, 0.4) is 0 Å². The molecule has 34 heteroatoms. The van der Waals surface area contributed by atoms with Gasteiger partial charge in [-0.25, -0.2) is 61.2 Å². The summed E-state index contributed by atoms with van der Waals surface area (Å²) < 4.78 is 22.5. The maximum Gasteiger partial charge on any atom is 3.00 e. The smallest absolute Gasteiger partial charge is 0.549 e. The number of hydrogen-bond acceptors (Lipinski definition) is 16. The Bertz CT molecular complexity index is 3190. The van der Waals surface area contributed by atoms with Crippen LogP contribution >= 0.6 is 0 Å². The molecule has 90 heavy (non-hydrogen) atoms. The average molecular weight is 1520 g/mol. The molecule has 12 aromatic heterocycles. The van der Waals surface area contributed by atoms with E-state index in [9.17, 15) is 19.8 Å². The van der Waals surface area contributed by atoms with Gasteiger partial charge in [0.1, 0.15) is 0 Å². The fraction of sp³-hybridized carbons (Fsp3) is 0.107. The maximum atomic E-state index is 10.6. The third-order valence-electron chi connectivity index (χ3n) is 14.0. The summed E-state index contributed by atoms with van der Waals surface area (Å²) in [4.78, 5) is 21.2. The molecule has 0 bridgehead atoms. The van der Waals surface area contributed by atoms with Crippen LogP contribution in [-0.2, 0) is 9.59 Å². The number of nitrogens with zero attached hydrogens (tertiary/aromatic N) is 24. The van der Waals surface area contributed by atoms with Crippen molar-refractivity contribution in [2.75, 3.05) is 0 Å². The Kier molecular flexibility index (Phi) is 27.9. The first-order valence-corrected chi connectivity index (χ1v) is 28.4. The molecule has 2 atom stereocenters. The van der Waals surface area contributed by atoms with Crippen molar-refractivity contribution in [3.63, 3.8) is 0 Å². The molecule has 0 spiro atoms. The summed E-state index contributed by atoms with van der Waals surface area (Å²) in [6.07, 6.45) is 45.3. The Hall–Kier alpha value is -8.80. The summed E-state index contributed by atoms with van der Waals surface area (Å²) in [6, 6.07) is 41.1. The van der Waals surface area contributed by atoms with Crippen LogP contribution < -0.4 is 10.2 Å². The predicted octanol–water partition coefficient (Wildman–Crippen LogP) is 1.61. The van der Waals surface area contributed by atoms with Gasteiger partial charge >= 0.3 is 122 Å². The second-order valence-electron chi connectivity index (χ2n) is 19.6. The summed E-state index contributed by atoms with van der Waals surface area (Å²) in [5.74, 6) is -2.93. The molecule has 28 nitrogen and oxygen atoms in total. The number of aliphatic carboxylic acids is 2. The first kappa shape index (κ1) is 68.7. The molecule has 14 aromatic rings. The Morgan fingerprint density at radius 2 is 0.433 bits per heavy atom. The number of carboxylic acids is 2. The quantitative estimate of drug-likeness (QED) is 0.110. The minimum Gasteiger partial charge on any atom is -0.549 e. The largest absolute Gasteiger partial charge is 3.00 e. The fourth-order valence-corrected chi connectivity index (χ4v) is 9.84. The average Bonchev–Trinajstić information content (AvgIpc) is 2.09. The second kappa shape index (κ2) is 36.6. The number of carbonyl (C=O) groups is 2. The number of carboxylic acid groups (broad SMARTS) is 2. The van der Waals surface area contributed by atoms with Gasteiger partial charge in [0.25, 0.3) is 0 Å². The summed E-state index contributed by atoms with van der Waals surface area (Å²) in [5, 5.41) is 72.4. The molecule has 470 valence electrons. The van der Waals surface area contributed by atoms with Crippen LogP contribution in [0.1, 0.15) is 49.7 Å². The van der Waals surface area contributed by atoms with E-state index < -0.39 is 52.2 Å². The molecule has 0 saturated heterocycles. The van der Waals surface area contributed by atoms with Crippen molar-refractivity contribution in [3.05, 3.63) is 293 Å². The van der Waals surface area contributed by atoms with E-state index in [2.05, 4.69) is 61.2 Å². The van der Waals surface area contributed by atoms with Crippen LogP contribution in [0, 0.1) is 93.8 Å². The van der Waals surface area contributed by atoms with Gasteiger partial charge in [-0.15, -0.1) is 0 Å². The van der Waals surface area contributed by atoms with E-state index in [1.807, 2.05) is 277 Å². The van der Waals surface area contributed by atoms with Crippen LogP contribution in [0.15, 0.2) is 282 Å². The Morgan fingerprint density at radius 3 is 0.533 bits per heavy atom. The number of aromatic nitrogens is 24. The zero-order valence-corrected chi connectivity index (χ0v) is 52.3. The number of hydrogen-bond donors (Lipinski definition) is 0. The van der Waals surface area contributed by atoms with Gasteiger partial charge in [-0.2, -0.15) is 0 Å². The third-order valence-corrected chi connectivity index (χ3v) is 14.0. The van der Waals surface area contributed by atoms with Crippen molar-refractivity contribution in [1.29, 1.82) is 0 Å². The van der Waals surface area contributed by atoms with E-state index in [1.54, 1.807) is 74.4 Å². The minimum atomic E-state index is -1.12. The van der Waals surface area contributed by atoms with Crippen molar-refractivity contribution in [2.24, 2.45) is 0 Å². The van der Waals surface area contributed by atoms with Gasteiger partial charge in [-0.1, -0.05) is 74.5 Å². The zero-order chi connectivity index (χ0) is 61.1. The van der Waals surface area contributed by atoms with E-state index in [1.165, 1.54) is 0 Å². The van der Waals surface area contributed by atoms with E-state index >= 15 is 0 Å². The molecule has 0 fully saturated rings. The van der Waals surface area contributed by atoms with E-state index in [0.29, 0.717) is 12.8 Å². The SMILES string of the molecule is CC[C@H](C(=O)[O-])c1ccccc1.CC[C@H](C(=O)[O-])c1ccccc1.[Yb+3].[Yb+3].c1cnn([BH-](n2cccn2)n2cccn2)c1.c1cnn([BH-](n2cccn2)n2cccn2)c1.c1cnn([BH-](n2cccn2)n2cccn2)c1.c1cnn([BH-](n2cccn2)n2cccn2)c1. The van der Waals surface area contributed by atoms with Crippen molar-refractivity contribution < 1.29 is 114 Å². The van der Waals surface area contributed by atoms with Crippen molar-refractivity contribution >= 4 is 40.4 Å². The molecular formula is C56H62B4N24O4Yb2. The standard InChI is InChI=1S/2C10H12O2.4C9H10BN6.2Yb/c2*1-2-9(10(11)12)8-6-4-3-5-7-8;4*1-4-11-14(7-1)10(15-8-2-5-12-15)16-9-3-6-13-16;;/h2*3-7,9H,2H2,1H3,(H,11,12);4*1-10H;;/q;;4*-1;2*+3/p-2/t2*9-;;;;;;/m00....../s1. The molecule has 0 saturated carbocycles. The van der Waals surface area contributed by atoms with Crippen LogP contribution in [0.2, 0.25) is 0 Å². The van der Waals surface area contributed by atoms with Gasteiger partial charge in [0, 0.05) is 98.1 Å². The molecule has 12 heterocycles. The van der Waals surface area contributed by atoms with Crippen molar-refractivity contribution in [1.82, 2.24) is 116 Å². The van der Waals surface area contributed by atoms with Gasteiger partial charge in [-0.3, -0.25) is 0 Å². The van der Waals surface area contributed by atoms with E-state index in [0.717, 1.165) is 11.1 Å². The molecule has 0 N–H and O–H groups in total. The molecule has 0 aliphatic carbocycles. The molecule has 2 radical (unpaired) electrons. The Morgan fingerprint density at radius 1 is 0.289 bits per heavy atom. The molecule has 0 aliphatic heterocycles. The van der Waals surface area contributed by atoms with E-state index in [-0.39, 0.29) is 93.8 Å². The van der Waals surface area contributed by atoms with Crippen molar-refractivity contribution in [3.8, 4) is 0 Å². The van der Waals surface area contributed by atoms with Gasteiger partial charge in [-0.05, 0) is 171 Å². The fourth-order valence-electron chi connectivity index (χ4n) is 9.84. The Labute approximate surface area is 595 Å². The summed E-state index contributed by atoms with van der Waals surface area (Å²) in [6.45, 7) is 3.68. The molecular weight excluding hydrogens is 1460 g/mol. The van der Waals surface area contributed by atoms with Crippen LogP contribution in [-0.4, -0.2) is 157 Å². The maximum absolute atomic E-state index is 10.6. The van der Waals surface area contributed by atoms with Gasteiger partial charge in [0.2, 0.25) is 0 Å². The summed E-state index contributed by atoms with van der Waals surface area (Å²) in [7, 11) is -4.50. The normalized spacial score (nSPS) is 11.2. The topological polar surface area (TPSA) is 294 Å². The molecule has 0 amide bonds. The third kappa shape index (κ3) is 19.1. The molecule has 0 aliphatic rings. The molecule has 0 unspecified atom stereocenters. The minimum absolute atomic E-state index is 0. The zero-order valence-electron chi connectivity index (χ0n) is 48.9. The van der Waals surface area contributed by atoms with Gasteiger partial charge in [0.05, 0.1) is 0 Å².